The SMILES string of the molecule is CC(=O)C(=O)CC(C)(C)C.CC(C)CC(=O)C(=O)N1CCCC1.CC(C)CC(=O)C(=O)NCCN1CCOCC1.CC(C)CC(=O)C(=O)NCCc1ccc(Cl)cc1.CC(C)CC(=O)C(=O)NCc1ccccc1.CC(C)CC(=O)C(=O)Nc1cccc(F)c1. The topological polar surface area (TPSA) is 269 Å². The van der Waals surface area contributed by atoms with Crippen LogP contribution in [0, 0.1) is 40.8 Å². The first kappa shape index (κ1) is 82.8. The number of likely N-dealkylation sites (tertiary alicyclic amines) is 1. The van der Waals surface area contributed by atoms with Crippen LogP contribution in [0.2, 0.25) is 5.02 Å². The van der Waals surface area contributed by atoms with Crippen LogP contribution in [0.25, 0.3) is 0 Å². The second-order valence-electron chi connectivity index (χ2n) is 25.3. The molecule has 21 heteroatoms. The zero-order valence-corrected chi connectivity index (χ0v) is 56.5. The minimum absolute atomic E-state index is 0.0667. The molecule has 5 rings (SSSR count). The van der Waals surface area contributed by atoms with E-state index in [1.807, 2.05) is 145 Å². The molecule has 19 nitrogen and oxygen atoms in total. The summed E-state index contributed by atoms with van der Waals surface area (Å²) in [5.41, 5.74) is 2.30. The van der Waals surface area contributed by atoms with E-state index in [1.54, 1.807) is 4.90 Å². The van der Waals surface area contributed by atoms with Gasteiger partial charge in [-0.2, -0.15) is 0 Å². The number of rotatable bonds is 26. The van der Waals surface area contributed by atoms with Crippen molar-refractivity contribution in [3.8, 4) is 0 Å². The lowest BCUT2D eigenvalue weighted by atomic mass is 9.89. The van der Waals surface area contributed by atoms with E-state index < -0.39 is 35.2 Å². The molecule has 0 saturated carbocycles. The molecule has 0 unspecified atom stereocenters. The Labute approximate surface area is 538 Å². The second-order valence-corrected chi connectivity index (χ2v) is 25.7. The predicted molar refractivity (Wildman–Crippen MR) is 350 cm³/mol. The van der Waals surface area contributed by atoms with Crippen LogP contribution in [-0.4, -0.2) is 139 Å². The predicted octanol–water partition coefficient (Wildman–Crippen LogP) is 9.77. The van der Waals surface area contributed by atoms with E-state index in [0.717, 1.165) is 69.9 Å². The molecule has 2 aliphatic heterocycles. The molecule has 500 valence electrons. The largest absolute Gasteiger partial charge is 0.379 e. The van der Waals surface area contributed by atoms with Crippen LogP contribution in [0.1, 0.15) is 159 Å². The first-order chi connectivity index (χ1) is 42.1. The van der Waals surface area contributed by atoms with Gasteiger partial charge in [-0.05, 0) is 95.7 Å². The minimum Gasteiger partial charge on any atom is -0.379 e. The van der Waals surface area contributed by atoms with E-state index in [-0.39, 0.29) is 82.0 Å². The average molecular weight is 1280 g/mol. The van der Waals surface area contributed by atoms with Gasteiger partial charge in [0.1, 0.15) is 5.82 Å². The first-order valence-electron chi connectivity index (χ1n) is 31.1. The molecular formula is C69H102ClFN6O13. The number of halogens is 2. The van der Waals surface area contributed by atoms with Gasteiger partial charge in [-0.3, -0.25) is 62.4 Å². The molecule has 3 aromatic rings. The van der Waals surface area contributed by atoms with Crippen LogP contribution in [0.4, 0.5) is 10.1 Å². The average Bonchev–Trinajstić information content (AvgIpc) is 3.76. The van der Waals surface area contributed by atoms with Crippen molar-refractivity contribution in [2.75, 3.05) is 64.3 Å². The molecule has 5 amide bonds. The number of hydrogen-bond donors (Lipinski definition) is 4. The molecule has 0 atom stereocenters. The normalized spacial score (nSPS) is 12.6. The van der Waals surface area contributed by atoms with Crippen LogP contribution >= 0.6 is 11.6 Å². The van der Waals surface area contributed by atoms with Gasteiger partial charge in [-0.25, -0.2) is 4.39 Å². The number of benzene rings is 3. The maximum atomic E-state index is 12.8. The van der Waals surface area contributed by atoms with Gasteiger partial charge in [0.15, 0.2) is 11.6 Å². The number of hydrogen-bond acceptors (Lipinski definition) is 14. The van der Waals surface area contributed by atoms with Crippen LogP contribution < -0.4 is 21.3 Å². The Morgan fingerprint density at radius 3 is 1.40 bits per heavy atom. The zero-order chi connectivity index (χ0) is 68.5. The summed E-state index contributed by atoms with van der Waals surface area (Å²) in [7, 11) is 0. The highest BCUT2D eigenvalue weighted by molar-refractivity contribution is 6.41. The van der Waals surface area contributed by atoms with Crippen molar-refractivity contribution >= 4 is 87.3 Å². The van der Waals surface area contributed by atoms with Gasteiger partial charge in [0, 0.05) is 109 Å². The number of carbonyl (C=O) groups excluding carboxylic acids is 12. The highest BCUT2D eigenvalue weighted by Gasteiger charge is 2.25. The lowest BCUT2D eigenvalue weighted by Crippen LogP contribution is -2.42. The number of nitrogens with one attached hydrogen (secondary N) is 4. The molecular weight excluding hydrogens is 1180 g/mol. The molecule has 0 aromatic heterocycles. The summed E-state index contributed by atoms with van der Waals surface area (Å²) in [4.78, 5) is 139. The van der Waals surface area contributed by atoms with E-state index in [0.29, 0.717) is 68.9 Å². The Morgan fingerprint density at radius 1 is 0.522 bits per heavy atom. The van der Waals surface area contributed by atoms with Gasteiger partial charge in [-0.1, -0.05) is 150 Å². The highest BCUT2D eigenvalue weighted by atomic mass is 35.5. The number of carbonyl (C=O) groups is 12. The lowest BCUT2D eigenvalue weighted by molar-refractivity contribution is -0.144. The number of anilines is 1. The van der Waals surface area contributed by atoms with Gasteiger partial charge in [0.2, 0.25) is 28.9 Å². The Morgan fingerprint density at radius 2 is 0.967 bits per heavy atom. The van der Waals surface area contributed by atoms with Crippen molar-refractivity contribution in [1.29, 1.82) is 0 Å². The van der Waals surface area contributed by atoms with Crippen LogP contribution in [0.3, 0.4) is 0 Å². The van der Waals surface area contributed by atoms with Crippen molar-refractivity contribution in [1.82, 2.24) is 25.8 Å². The Bertz CT molecular complexity index is 2730. The fraction of sp³-hybridized carbons (Fsp3) is 0.565. The van der Waals surface area contributed by atoms with Crippen molar-refractivity contribution in [3.05, 3.63) is 101 Å². The highest BCUT2D eigenvalue weighted by Crippen LogP contribution is 2.19. The summed E-state index contributed by atoms with van der Waals surface area (Å²) in [6.45, 7) is 33.3. The summed E-state index contributed by atoms with van der Waals surface area (Å²) >= 11 is 5.77. The second kappa shape index (κ2) is 46.0. The van der Waals surface area contributed by atoms with E-state index in [9.17, 15) is 61.9 Å². The van der Waals surface area contributed by atoms with Gasteiger partial charge >= 0.3 is 0 Å². The number of ketones is 7. The Hall–Kier alpha value is -7.16. The quantitative estimate of drug-likeness (QED) is 0.0545. The lowest BCUT2D eigenvalue weighted by Gasteiger charge is -2.26. The third-order valence-corrected chi connectivity index (χ3v) is 12.8. The molecule has 2 aliphatic rings. The standard InChI is InChI=1S/C14H18ClNO2.C13H17NO2.C12H14FNO2.C12H22N2O3.C10H17NO2.C8H14O2/c1-10(2)9-13(17)14(18)16-8-7-11-3-5-12(15)6-4-11;1-10(2)8-12(15)13(16)14-9-11-6-4-3-5-7-11;1-8(2)6-11(15)12(16)14-10-5-3-4-9(13)7-10;1-10(2)9-11(15)12(16)13-3-4-14-5-7-17-8-6-14;1-8(2)7-9(12)10(13)11-5-3-4-6-11;1-6(9)7(10)5-8(2,3)4/h3-6,10H,7-9H2,1-2H3,(H,16,18);3-7,10H,8-9H2,1-2H3,(H,14,16);3-5,7-8H,6H2,1-2H3,(H,14,16);10H,3-9H2,1-2H3,(H,13,16);8H,3-7H2,1-2H3;5H2,1-4H3. The molecule has 0 bridgehead atoms. The molecule has 0 radical (unpaired) electrons. The molecule has 4 N–H and O–H groups in total. The van der Waals surface area contributed by atoms with Crippen LogP contribution in [0.15, 0.2) is 78.9 Å². The zero-order valence-electron chi connectivity index (χ0n) is 55.8. The number of nitrogens with zero attached hydrogens (tertiary/aromatic N) is 2. The summed E-state index contributed by atoms with van der Waals surface area (Å²) in [5.74, 6) is -4.11. The molecule has 3 aromatic carbocycles. The van der Waals surface area contributed by atoms with Gasteiger partial charge in [0.05, 0.1) is 13.2 Å². The van der Waals surface area contributed by atoms with Crippen molar-refractivity contribution < 1.29 is 66.7 Å². The Kier molecular flexibility index (Phi) is 42.3. The molecule has 2 heterocycles. The monoisotopic (exact) mass is 1280 g/mol. The molecule has 2 fully saturated rings. The summed E-state index contributed by atoms with van der Waals surface area (Å²) in [6, 6.07) is 22.4. The van der Waals surface area contributed by atoms with E-state index in [4.69, 9.17) is 16.3 Å². The fourth-order valence-electron chi connectivity index (χ4n) is 7.98. The van der Waals surface area contributed by atoms with E-state index in [1.165, 1.54) is 31.2 Å². The fourth-order valence-corrected chi connectivity index (χ4v) is 8.11. The molecule has 0 aliphatic carbocycles. The minimum atomic E-state index is -0.695. The van der Waals surface area contributed by atoms with Crippen molar-refractivity contribution in [2.24, 2.45) is 35.0 Å². The Balaban J connectivity index is 0.00000107. The molecule has 0 spiro atoms. The number of Topliss-reactive ketones (excluding diaryl/α,β-unsaturated/α-hetero) is 7. The van der Waals surface area contributed by atoms with Gasteiger partial charge in [0.25, 0.3) is 29.5 Å². The third kappa shape index (κ3) is 42.7. The van der Waals surface area contributed by atoms with Crippen LogP contribution in [-0.2, 0) is 75.2 Å². The molecule has 90 heavy (non-hydrogen) atoms. The van der Waals surface area contributed by atoms with E-state index in [2.05, 4.69) is 26.2 Å². The number of ether oxygens (including phenoxy) is 1. The van der Waals surface area contributed by atoms with Crippen LogP contribution in [0.5, 0.6) is 0 Å². The first-order valence-corrected chi connectivity index (χ1v) is 31.4. The molecule has 2 saturated heterocycles. The van der Waals surface area contributed by atoms with Crippen molar-refractivity contribution in [3.63, 3.8) is 0 Å². The summed E-state index contributed by atoms with van der Waals surface area (Å²) < 4.78 is 18.0. The van der Waals surface area contributed by atoms with Gasteiger partial charge in [-0.15, -0.1) is 0 Å². The number of morpholine rings is 1. The maximum absolute atomic E-state index is 12.8. The van der Waals surface area contributed by atoms with Crippen molar-refractivity contribution in [2.45, 2.75) is 161 Å². The maximum Gasteiger partial charge on any atom is 0.291 e. The van der Waals surface area contributed by atoms with Gasteiger partial charge < -0.3 is 30.9 Å². The summed E-state index contributed by atoms with van der Waals surface area (Å²) in [6.07, 6.45) is 4.63. The third-order valence-electron chi connectivity index (χ3n) is 12.5. The smallest absolute Gasteiger partial charge is 0.291 e. The van der Waals surface area contributed by atoms with E-state index >= 15 is 0 Å². The number of amides is 5. The summed E-state index contributed by atoms with van der Waals surface area (Å²) in [5, 5.41) is 11.0.